The van der Waals surface area contributed by atoms with Crippen molar-refractivity contribution in [3.8, 4) is 0 Å². The summed E-state index contributed by atoms with van der Waals surface area (Å²) in [4.78, 5) is 42.3. The molecule has 0 bridgehead atoms. The molecular weight excluding hydrogens is 518 g/mol. The van der Waals surface area contributed by atoms with Crippen molar-refractivity contribution in [2.24, 2.45) is 0 Å². The maximum atomic E-state index is 14.1. The van der Waals surface area contributed by atoms with Gasteiger partial charge >= 0.3 is 6.09 Å². The predicted octanol–water partition coefficient (Wildman–Crippen LogP) is 6.37. The highest BCUT2D eigenvalue weighted by Gasteiger charge is 2.37. The van der Waals surface area contributed by atoms with Gasteiger partial charge in [0.15, 0.2) is 0 Å². The Balaban J connectivity index is 2.51. The van der Waals surface area contributed by atoms with Crippen LogP contribution in [0.5, 0.6) is 0 Å². The molecule has 0 saturated heterocycles. The quantitative estimate of drug-likeness (QED) is 0.230. The zero-order valence-corrected chi connectivity index (χ0v) is 25.9. The molecule has 8 heteroatoms. The number of aliphatic hydroxyl groups is 1. The van der Waals surface area contributed by atoms with Crippen LogP contribution in [0.1, 0.15) is 94.5 Å². The SMILES string of the molecule is CCCCCCCCN(C(=O)C(CO)NC(=O)OC(C)(C)C)C(C(=O)Nc1ccccc1C)c1cccc(C)c1C. The molecule has 0 radical (unpaired) electrons. The summed E-state index contributed by atoms with van der Waals surface area (Å²) in [5, 5.41) is 15.8. The molecule has 0 aliphatic heterocycles. The van der Waals surface area contributed by atoms with Gasteiger partial charge in [-0.05, 0) is 76.3 Å². The lowest BCUT2D eigenvalue weighted by atomic mass is 9.94. The highest BCUT2D eigenvalue weighted by atomic mass is 16.6. The molecule has 0 fully saturated rings. The maximum absolute atomic E-state index is 14.1. The number of aliphatic hydroxyl groups excluding tert-OH is 1. The summed E-state index contributed by atoms with van der Waals surface area (Å²) in [5.74, 6) is -0.904. The molecule has 41 heavy (non-hydrogen) atoms. The number of unbranched alkanes of at least 4 members (excludes halogenated alkanes) is 5. The first-order valence-electron chi connectivity index (χ1n) is 14.7. The van der Waals surface area contributed by atoms with Crippen LogP contribution >= 0.6 is 0 Å². The number of nitrogens with zero attached hydrogens (tertiary/aromatic N) is 1. The van der Waals surface area contributed by atoms with Crippen LogP contribution in [0, 0.1) is 20.8 Å². The van der Waals surface area contributed by atoms with Gasteiger partial charge in [-0.15, -0.1) is 0 Å². The Morgan fingerprint density at radius 1 is 0.902 bits per heavy atom. The Kier molecular flexibility index (Phi) is 13.3. The number of hydrogen-bond donors (Lipinski definition) is 3. The van der Waals surface area contributed by atoms with Gasteiger partial charge in [-0.3, -0.25) is 9.59 Å². The summed E-state index contributed by atoms with van der Waals surface area (Å²) >= 11 is 0. The number of para-hydroxylation sites is 1. The fourth-order valence-electron chi connectivity index (χ4n) is 4.70. The molecule has 2 aromatic rings. The van der Waals surface area contributed by atoms with Crippen molar-refractivity contribution >= 4 is 23.6 Å². The van der Waals surface area contributed by atoms with Gasteiger partial charge in [-0.2, -0.15) is 0 Å². The summed E-state index contributed by atoms with van der Waals surface area (Å²) in [6, 6.07) is 10.9. The van der Waals surface area contributed by atoms with Gasteiger partial charge in [0.05, 0.1) is 6.61 Å². The van der Waals surface area contributed by atoms with Crippen LogP contribution in [0.15, 0.2) is 42.5 Å². The molecule has 0 aromatic heterocycles. The third kappa shape index (κ3) is 10.5. The van der Waals surface area contributed by atoms with Crippen molar-refractivity contribution in [3.63, 3.8) is 0 Å². The Morgan fingerprint density at radius 2 is 1.54 bits per heavy atom. The van der Waals surface area contributed by atoms with Crippen molar-refractivity contribution < 1.29 is 24.2 Å². The summed E-state index contributed by atoms with van der Waals surface area (Å²) in [6.07, 6.45) is 5.19. The number of hydrogen-bond acceptors (Lipinski definition) is 5. The Hall–Kier alpha value is -3.39. The maximum Gasteiger partial charge on any atom is 0.408 e. The lowest BCUT2D eigenvalue weighted by Crippen LogP contribution is -2.54. The minimum absolute atomic E-state index is 0.288. The Labute approximate surface area is 245 Å². The van der Waals surface area contributed by atoms with Crippen LogP contribution < -0.4 is 10.6 Å². The van der Waals surface area contributed by atoms with Crippen LogP contribution in [0.2, 0.25) is 0 Å². The van der Waals surface area contributed by atoms with E-state index in [1.165, 1.54) is 4.90 Å². The van der Waals surface area contributed by atoms with Gasteiger partial charge in [0, 0.05) is 12.2 Å². The van der Waals surface area contributed by atoms with E-state index in [0.29, 0.717) is 17.7 Å². The molecule has 2 unspecified atom stereocenters. The van der Waals surface area contributed by atoms with Gasteiger partial charge in [0.2, 0.25) is 5.91 Å². The number of alkyl carbamates (subject to hydrolysis) is 1. The first kappa shape index (κ1) is 33.8. The number of aryl methyl sites for hydroxylation is 2. The van der Waals surface area contributed by atoms with E-state index in [0.717, 1.165) is 48.8 Å². The summed E-state index contributed by atoms with van der Waals surface area (Å²) in [6.45, 7) is 12.8. The van der Waals surface area contributed by atoms with Crippen LogP contribution in [-0.2, 0) is 14.3 Å². The molecule has 0 spiro atoms. The van der Waals surface area contributed by atoms with Crippen LogP contribution in [0.4, 0.5) is 10.5 Å². The number of ether oxygens (including phenoxy) is 1. The van der Waals surface area contributed by atoms with E-state index >= 15 is 0 Å². The topological polar surface area (TPSA) is 108 Å². The van der Waals surface area contributed by atoms with E-state index in [9.17, 15) is 19.5 Å². The largest absolute Gasteiger partial charge is 0.444 e. The fraction of sp³-hybridized carbons (Fsp3) is 0.545. The van der Waals surface area contributed by atoms with E-state index in [1.807, 2.05) is 63.2 Å². The molecule has 2 rings (SSSR count). The molecule has 0 aliphatic rings. The van der Waals surface area contributed by atoms with Gasteiger partial charge in [0.1, 0.15) is 17.7 Å². The molecule has 3 N–H and O–H groups in total. The minimum Gasteiger partial charge on any atom is -0.444 e. The zero-order chi connectivity index (χ0) is 30.6. The zero-order valence-electron chi connectivity index (χ0n) is 25.9. The lowest BCUT2D eigenvalue weighted by molar-refractivity contribution is -0.141. The number of carbonyl (C=O) groups is 3. The number of nitrogens with one attached hydrogen (secondary N) is 2. The third-order valence-corrected chi connectivity index (χ3v) is 7.11. The molecule has 0 heterocycles. The van der Waals surface area contributed by atoms with Crippen molar-refractivity contribution in [1.82, 2.24) is 10.2 Å². The Bertz CT molecular complexity index is 1160. The molecule has 0 saturated carbocycles. The second-order valence-electron chi connectivity index (χ2n) is 11.7. The van der Waals surface area contributed by atoms with Gasteiger partial charge in [0.25, 0.3) is 5.91 Å². The summed E-state index contributed by atoms with van der Waals surface area (Å²) in [7, 11) is 0. The van der Waals surface area contributed by atoms with E-state index in [2.05, 4.69) is 17.6 Å². The van der Waals surface area contributed by atoms with Gasteiger partial charge in [-0.25, -0.2) is 4.79 Å². The summed E-state index contributed by atoms with van der Waals surface area (Å²) < 4.78 is 5.34. The molecule has 226 valence electrons. The fourth-order valence-corrected chi connectivity index (χ4v) is 4.70. The van der Waals surface area contributed by atoms with Crippen LogP contribution in [0.25, 0.3) is 0 Å². The highest BCUT2D eigenvalue weighted by molar-refractivity contribution is 5.99. The monoisotopic (exact) mass is 567 g/mol. The van der Waals surface area contributed by atoms with Gasteiger partial charge in [-0.1, -0.05) is 75.4 Å². The average molecular weight is 568 g/mol. The normalized spacial score (nSPS) is 12.8. The standard InChI is InChI=1S/C33H49N3O5/c1-8-9-10-11-12-15-21-36(31(39)28(22-37)35-32(40)41-33(5,6)7)29(26-19-16-18-23(2)25(26)4)30(38)34-27-20-14-13-17-24(27)3/h13-14,16-20,28-29,37H,8-12,15,21-22H2,1-7H3,(H,34,38)(H,35,40). The molecule has 3 amide bonds. The first-order chi connectivity index (χ1) is 19.4. The second kappa shape index (κ2) is 16.2. The van der Waals surface area contributed by atoms with Crippen molar-refractivity contribution in [2.75, 3.05) is 18.5 Å². The third-order valence-electron chi connectivity index (χ3n) is 7.11. The molecule has 2 atom stereocenters. The average Bonchev–Trinajstić information content (AvgIpc) is 2.90. The minimum atomic E-state index is -1.27. The predicted molar refractivity (Wildman–Crippen MR) is 164 cm³/mol. The molecule has 2 aromatic carbocycles. The van der Waals surface area contributed by atoms with Crippen LogP contribution in [-0.4, -0.2) is 52.7 Å². The number of anilines is 1. The van der Waals surface area contributed by atoms with Crippen molar-refractivity contribution in [1.29, 1.82) is 0 Å². The van der Waals surface area contributed by atoms with E-state index < -0.39 is 36.3 Å². The number of carbonyl (C=O) groups excluding carboxylic acids is 3. The number of benzene rings is 2. The number of amides is 3. The lowest BCUT2D eigenvalue weighted by Gasteiger charge is -2.35. The smallest absolute Gasteiger partial charge is 0.408 e. The molecule has 8 nitrogen and oxygen atoms in total. The molecular formula is C33H49N3O5. The van der Waals surface area contributed by atoms with Gasteiger partial charge < -0.3 is 25.4 Å². The van der Waals surface area contributed by atoms with Crippen LogP contribution in [0.3, 0.4) is 0 Å². The second-order valence-corrected chi connectivity index (χ2v) is 11.7. The highest BCUT2D eigenvalue weighted by Crippen LogP contribution is 2.29. The molecule has 0 aliphatic carbocycles. The van der Waals surface area contributed by atoms with Crippen molar-refractivity contribution in [2.45, 2.75) is 105 Å². The van der Waals surface area contributed by atoms with E-state index in [-0.39, 0.29) is 12.5 Å². The van der Waals surface area contributed by atoms with Crippen molar-refractivity contribution in [3.05, 3.63) is 64.7 Å². The van der Waals surface area contributed by atoms with E-state index in [1.54, 1.807) is 20.8 Å². The first-order valence-corrected chi connectivity index (χ1v) is 14.7. The Morgan fingerprint density at radius 3 is 2.17 bits per heavy atom. The number of rotatable bonds is 14. The summed E-state index contributed by atoms with van der Waals surface area (Å²) in [5.41, 5.74) is 3.37. The van der Waals surface area contributed by atoms with E-state index in [4.69, 9.17) is 4.74 Å².